The first-order chi connectivity index (χ1) is 7.52. The van der Waals surface area contributed by atoms with Crippen molar-refractivity contribution in [3.8, 4) is 0 Å². The van der Waals surface area contributed by atoms with Crippen LogP contribution >= 0.6 is 0 Å². The Kier molecular flexibility index (Phi) is 3.92. The van der Waals surface area contributed by atoms with Gasteiger partial charge in [-0.3, -0.25) is 5.41 Å². The number of amides is 1. The van der Waals surface area contributed by atoms with Crippen molar-refractivity contribution in [2.45, 2.75) is 12.5 Å². The largest absolute Gasteiger partial charge is 0.453 e. The number of nitrogens with two attached hydrogens (primary N) is 2. The van der Waals surface area contributed by atoms with E-state index in [0.717, 1.165) is 6.42 Å². The third-order valence-electron chi connectivity index (χ3n) is 2.23. The first-order valence-corrected chi connectivity index (χ1v) is 4.80. The molecule has 0 saturated carbocycles. The number of guanidine groups is 2. The summed E-state index contributed by atoms with van der Waals surface area (Å²) in [4.78, 5) is 16.3. The van der Waals surface area contributed by atoms with Crippen LogP contribution in [-0.4, -0.2) is 49.2 Å². The van der Waals surface area contributed by atoms with Gasteiger partial charge in [0.15, 0.2) is 5.96 Å². The molecule has 1 saturated heterocycles. The van der Waals surface area contributed by atoms with E-state index < -0.39 is 6.09 Å². The number of methoxy groups -OCH3 is 1. The molecule has 0 radical (unpaired) electrons. The molecule has 6 N–H and O–H groups in total. The molecule has 0 aromatic heterocycles. The van der Waals surface area contributed by atoms with Gasteiger partial charge in [0.05, 0.1) is 13.2 Å². The molecule has 0 aliphatic carbocycles. The zero-order valence-electron chi connectivity index (χ0n) is 9.06. The molecule has 1 heterocycles. The standard InChI is InChI=1S/C8H16N6O2/c1-16-8(15)12-5-2-3-14(4-5)7(11)13-6(9)10/h5H,2-4H2,1H3,(H,12,15)(H5,9,10,11,13). The van der Waals surface area contributed by atoms with Crippen molar-refractivity contribution in [3.05, 3.63) is 0 Å². The van der Waals surface area contributed by atoms with E-state index in [-0.39, 0.29) is 18.0 Å². The lowest BCUT2D eigenvalue weighted by molar-refractivity contribution is 0.167. The average Bonchev–Trinajstić information content (AvgIpc) is 2.65. The van der Waals surface area contributed by atoms with Crippen LogP contribution in [0.1, 0.15) is 6.42 Å². The number of rotatable bonds is 1. The van der Waals surface area contributed by atoms with Crippen molar-refractivity contribution in [2.75, 3.05) is 20.2 Å². The van der Waals surface area contributed by atoms with Crippen LogP contribution in [0.25, 0.3) is 0 Å². The Bertz CT molecular complexity index is 312. The zero-order valence-corrected chi connectivity index (χ0v) is 9.06. The SMILES string of the molecule is COC(=O)NC1CCN(C(=N)N=C(N)N)C1. The first kappa shape index (κ1) is 12.1. The summed E-state index contributed by atoms with van der Waals surface area (Å²) in [7, 11) is 1.31. The summed E-state index contributed by atoms with van der Waals surface area (Å²) in [5, 5.41) is 10.2. The number of likely N-dealkylation sites (tertiary alicyclic amines) is 1. The average molecular weight is 228 g/mol. The molecule has 0 aromatic rings. The molecule has 1 aliphatic rings. The van der Waals surface area contributed by atoms with Crippen LogP contribution in [0.3, 0.4) is 0 Å². The normalized spacial score (nSPS) is 19.1. The lowest BCUT2D eigenvalue weighted by Gasteiger charge is -2.16. The van der Waals surface area contributed by atoms with Crippen LogP contribution in [0.5, 0.6) is 0 Å². The highest BCUT2D eigenvalue weighted by Crippen LogP contribution is 2.09. The molecule has 8 nitrogen and oxygen atoms in total. The van der Waals surface area contributed by atoms with Crippen LogP contribution in [0.15, 0.2) is 4.99 Å². The summed E-state index contributed by atoms with van der Waals surface area (Å²) in [6.07, 6.45) is 0.262. The van der Waals surface area contributed by atoms with Gasteiger partial charge in [0, 0.05) is 13.1 Å². The van der Waals surface area contributed by atoms with Crippen LogP contribution < -0.4 is 16.8 Å². The summed E-state index contributed by atoms with van der Waals surface area (Å²) >= 11 is 0. The number of carbonyl (C=O) groups excluding carboxylic acids is 1. The lowest BCUT2D eigenvalue weighted by atomic mass is 10.3. The Labute approximate surface area is 93.1 Å². The van der Waals surface area contributed by atoms with Crippen molar-refractivity contribution in [3.63, 3.8) is 0 Å². The van der Waals surface area contributed by atoms with E-state index >= 15 is 0 Å². The molecule has 0 spiro atoms. The van der Waals surface area contributed by atoms with Crippen molar-refractivity contribution >= 4 is 18.0 Å². The second kappa shape index (κ2) is 5.19. The fraction of sp³-hybridized carbons (Fsp3) is 0.625. The van der Waals surface area contributed by atoms with Gasteiger partial charge in [0.1, 0.15) is 0 Å². The van der Waals surface area contributed by atoms with Gasteiger partial charge in [-0.25, -0.2) is 4.79 Å². The van der Waals surface area contributed by atoms with E-state index in [1.54, 1.807) is 4.90 Å². The summed E-state index contributed by atoms with van der Waals surface area (Å²) in [5.41, 5.74) is 10.3. The number of alkyl carbamates (subject to hydrolysis) is 1. The Morgan fingerprint density at radius 2 is 2.31 bits per heavy atom. The molecule has 1 atom stereocenters. The smallest absolute Gasteiger partial charge is 0.407 e. The van der Waals surface area contributed by atoms with Crippen molar-refractivity contribution in [2.24, 2.45) is 16.5 Å². The van der Waals surface area contributed by atoms with E-state index in [1.807, 2.05) is 0 Å². The van der Waals surface area contributed by atoms with Gasteiger partial charge in [-0.2, -0.15) is 4.99 Å². The number of ether oxygens (including phenoxy) is 1. The third-order valence-corrected chi connectivity index (χ3v) is 2.23. The Morgan fingerprint density at radius 3 is 2.88 bits per heavy atom. The topological polar surface area (TPSA) is 130 Å². The highest BCUT2D eigenvalue weighted by Gasteiger charge is 2.25. The molecule has 8 heteroatoms. The van der Waals surface area contributed by atoms with Crippen LogP contribution in [0.2, 0.25) is 0 Å². The highest BCUT2D eigenvalue weighted by atomic mass is 16.5. The minimum Gasteiger partial charge on any atom is -0.453 e. The van der Waals surface area contributed by atoms with Gasteiger partial charge in [-0.05, 0) is 6.42 Å². The molecule has 1 unspecified atom stereocenters. The Hall–Kier alpha value is -1.99. The van der Waals surface area contributed by atoms with E-state index in [0.29, 0.717) is 13.1 Å². The summed E-state index contributed by atoms with van der Waals surface area (Å²) in [6, 6.07) is -0.0398. The van der Waals surface area contributed by atoms with E-state index in [4.69, 9.17) is 16.9 Å². The molecule has 0 aromatic carbocycles. The van der Waals surface area contributed by atoms with Crippen LogP contribution in [-0.2, 0) is 4.74 Å². The maximum absolute atomic E-state index is 10.9. The maximum atomic E-state index is 10.9. The summed E-state index contributed by atoms with van der Waals surface area (Å²) < 4.78 is 4.48. The molecule has 1 fully saturated rings. The predicted molar refractivity (Wildman–Crippen MR) is 59.1 cm³/mol. The highest BCUT2D eigenvalue weighted by molar-refractivity contribution is 5.91. The molecule has 1 rings (SSSR count). The van der Waals surface area contributed by atoms with E-state index in [1.165, 1.54) is 7.11 Å². The van der Waals surface area contributed by atoms with Gasteiger partial charge in [-0.1, -0.05) is 0 Å². The molecular formula is C8H16N6O2. The van der Waals surface area contributed by atoms with Gasteiger partial charge in [0.25, 0.3) is 0 Å². The number of hydrogen-bond acceptors (Lipinski definition) is 3. The fourth-order valence-corrected chi connectivity index (χ4v) is 1.49. The van der Waals surface area contributed by atoms with Gasteiger partial charge in [0.2, 0.25) is 5.96 Å². The zero-order chi connectivity index (χ0) is 12.1. The van der Waals surface area contributed by atoms with Crippen molar-refractivity contribution in [1.82, 2.24) is 10.2 Å². The fourth-order valence-electron chi connectivity index (χ4n) is 1.49. The van der Waals surface area contributed by atoms with E-state index in [9.17, 15) is 4.79 Å². The van der Waals surface area contributed by atoms with E-state index in [2.05, 4.69) is 15.0 Å². The number of carbonyl (C=O) groups is 1. The molecular weight excluding hydrogens is 212 g/mol. The molecule has 16 heavy (non-hydrogen) atoms. The summed E-state index contributed by atoms with van der Waals surface area (Å²) in [6.45, 7) is 1.13. The number of nitrogens with zero attached hydrogens (tertiary/aromatic N) is 2. The molecule has 1 aliphatic heterocycles. The van der Waals surface area contributed by atoms with Crippen molar-refractivity contribution < 1.29 is 9.53 Å². The number of hydrogen-bond donors (Lipinski definition) is 4. The second-order valence-electron chi connectivity index (χ2n) is 3.43. The minimum atomic E-state index is -0.472. The minimum absolute atomic E-state index is 0.00849. The molecule has 90 valence electrons. The summed E-state index contributed by atoms with van der Waals surface area (Å²) in [5.74, 6) is -0.136. The van der Waals surface area contributed by atoms with Gasteiger partial charge < -0.3 is 26.4 Å². The molecule has 1 amide bonds. The van der Waals surface area contributed by atoms with Crippen LogP contribution in [0, 0.1) is 5.41 Å². The third kappa shape index (κ3) is 3.30. The monoisotopic (exact) mass is 228 g/mol. The second-order valence-corrected chi connectivity index (χ2v) is 3.43. The van der Waals surface area contributed by atoms with Crippen molar-refractivity contribution in [1.29, 1.82) is 5.41 Å². The molecule has 0 bridgehead atoms. The Balaban J connectivity index is 2.43. The Morgan fingerprint density at radius 1 is 1.62 bits per heavy atom. The predicted octanol–water partition coefficient (Wildman–Crippen LogP) is -1.38. The van der Waals surface area contributed by atoms with Gasteiger partial charge >= 0.3 is 6.09 Å². The first-order valence-electron chi connectivity index (χ1n) is 4.80. The lowest BCUT2D eigenvalue weighted by Crippen LogP contribution is -2.38. The number of aliphatic imine (C=N–C) groups is 1. The maximum Gasteiger partial charge on any atom is 0.407 e. The number of nitrogens with one attached hydrogen (secondary N) is 2. The van der Waals surface area contributed by atoms with Crippen LogP contribution in [0.4, 0.5) is 4.79 Å². The van der Waals surface area contributed by atoms with Gasteiger partial charge in [-0.15, -0.1) is 0 Å². The quantitative estimate of drug-likeness (QED) is 0.325.